The lowest BCUT2D eigenvalue weighted by molar-refractivity contribution is 0.415. The predicted molar refractivity (Wildman–Crippen MR) is 55.3 cm³/mol. The number of benzene rings is 1. The first-order chi connectivity index (χ1) is 7.35. The summed E-state index contributed by atoms with van der Waals surface area (Å²) in [6.07, 6.45) is 1.51. The van der Waals surface area contributed by atoms with Gasteiger partial charge in [-0.15, -0.1) is 0 Å². The summed E-state index contributed by atoms with van der Waals surface area (Å²) in [5.74, 6) is 0.789. The molecular weight excluding hydrogens is 190 g/mol. The molecule has 0 amide bonds. The van der Waals surface area contributed by atoms with Crippen LogP contribution in [-0.2, 0) is 0 Å². The lowest BCUT2D eigenvalue weighted by Crippen LogP contribution is -1.84. The van der Waals surface area contributed by atoms with Gasteiger partial charge in [-0.2, -0.15) is 10.4 Å². The van der Waals surface area contributed by atoms with E-state index in [-0.39, 0.29) is 0 Å². The van der Waals surface area contributed by atoms with Crippen molar-refractivity contribution in [3.05, 3.63) is 36.0 Å². The van der Waals surface area contributed by atoms with Crippen molar-refractivity contribution in [3.63, 3.8) is 0 Å². The Morgan fingerprint density at radius 2 is 2.07 bits per heavy atom. The second kappa shape index (κ2) is 3.84. The minimum absolute atomic E-state index is 0.542. The largest absolute Gasteiger partial charge is 0.497 e. The molecule has 0 fully saturated rings. The molecule has 2 aromatic rings. The second-order valence-corrected chi connectivity index (χ2v) is 3.00. The maximum atomic E-state index is 8.83. The Bertz CT molecular complexity index is 493. The number of hydrogen-bond acceptors (Lipinski definition) is 3. The molecule has 15 heavy (non-hydrogen) atoms. The summed E-state index contributed by atoms with van der Waals surface area (Å²) in [5, 5.41) is 15.5. The second-order valence-electron chi connectivity index (χ2n) is 3.00. The Morgan fingerprint density at radius 1 is 1.33 bits per heavy atom. The number of nitriles is 1. The van der Waals surface area contributed by atoms with Crippen LogP contribution in [0.5, 0.6) is 5.75 Å². The van der Waals surface area contributed by atoms with Crippen molar-refractivity contribution in [2.75, 3.05) is 7.11 Å². The van der Waals surface area contributed by atoms with E-state index in [4.69, 9.17) is 10.00 Å². The SMILES string of the molecule is COc1ccc(-c2[nH]ncc2C#N)cc1. The summed E-state index contributed by atoms with van der Waals surface area (Å²) in [6.45, 7) is 0. The molecule has 74 valence electrons. The van der Waals surface area contributed by atoms with E-state index >= 15 is 0 Å². The van der Waals surface area contributed by atoms with Crippen molar-refractivity contribution in [2.45, 2.75) is 0 Å². The van der Waals surface area contributed by atoms with E-state index in [1.54, 1.807) is 7.11 Å². The summed E-state index contributed by atoms with van der Waals surface area (Å²) in [7, 11) is 1.62. The third kappa shape index (κ3) is 1.67. The monoisotopic (exact) mass is 199 g/mol. The van der Waals surface area contributed by atoms with E-state index in [1.807, 2.05) is 24.3 Å². The highest BCUT2D eigenvalue weighted by atomic mass is 16.5. The van der Waals surface area contributed by atoms with Crippen molar-refractivity contribution in [2.24, 2.45) is 0 Å². The predicted octanol–water partition coefficient (Wildman–Crippen LogP) is 1.96. The van der Waals surface area contributed by atoms with Crippen LogP contribution in [0, 0.1) is 11.3 Å². The Hall–Kier alpha value is -2.28. The van der Waals surface area contributed by atoms with Crippen LogP contribution in [0.3, 0.4) is 0 Å². The third-order valence-electron chi connectivity index (χ3n) is 2.14. The van der Waals surface area contributed by atoms with Gasteiger partial charge in [0.05, 0.1) is 24.6 Å². The first kappa shape index (κ1) is 9.28. The van der Waals surface area contributed by atoms with Gasteiger partial charge in [-0.05, 0) is 24.3 Å². The summed E-state index contributed by atoms with van der Waals surface area (Å²) in [5.41, 5.74) is 2.20. The zero-order valence-corrected chi connectivity index (χ0v) is 8.19. The molecule has 0 unspecified atom stereocenters. The average molecular weight is 199 g/mol. The van der Waals surface area contributed by atoms with Crippen LogP contribution >= 0.6 is 0 Å². The smallest absolute Gasteiger partial charge is 0.118 e. The van der Waals surface area contributed by atoms with Gasteiger partial charge in [0.25, 0.3) is 0 Å². The van der Waals surface area contributed by atoms with E-state index in [2.05, 4.69) is 16.3 Å². The molecule has 0 aliphatic heterocycles. The van der Waals surface area contributed by atoms with Crippen LogP contribution in [0.15, 0.2) is 30.5 Å². The highest BCUT2D eigenvalue weighted by Gasteiger charge is 2.06. The molecule has 1 aromatic heterocycles. The maximum absolute atomic E-state index is 8.83. The zero-order chi connectivity index (χ0) is 10.7. The lowest BCUT2D eigenvalue weighted by atomic mass is 10.1. The minimum Gasteiger partial charge on any atom is -0.497 e. The van der Waals surface area contributed by atoms with Crippen molar-refractivity contribution in [3.8, 4) is 23.1 Å². The maximum Gasteiger partial charge on any atom is 0.118 e. The Morgan fingerprint density at radius 3 is 2.67 bits per heavy atom. The molecule has 0 bridgehead atoms. The fourth-order valence-corrected chi connectivity index (χ4v) is 1.35. The summed E-state index contributed by atoms with van der Waals surface area (Å²) < 4.78 is 5.05. The highest BCUT2D eigenvalue weighted by molar-refractivity contribution is 5.66. The van der Waals surface area contributed by atoms with E-state index in [0.717, 1.165) is 17.0 Å². The zero-order valence-electron chi connectivity index (χ0n) is 8.19. The fraction of sp³-hybridized carbons (Fsp3) is 0.0909. The van der Waals surface area contributed by atoms with Gasteiger partial charge >= 0.3 is 0 Å². The molecule has 0 aliphatic carbocycles. The van der Waals surface area contributed by atoms with E-state index in [9.17, 15) is 0 Å². The first-order valence-corrected chi connectivity index (χ1v) is 4.43. The summed E-state index contributed by atoms with van der Waals surface area (Å²) in [4.78, 5) is 0. The molecule has 0 radical (unpaired) electrons. The van der Waals surface area contributed by atoms with Gasteiger partial charge in [0.1, 0.15) is 11.8 Å². The van der Waals surface area contributed by atoms with Gasteiger partial charge in [-0.3, -0.25) is 5.10 Å². The Balaban J connectivity index is 2.42. The number of aromatic amines is 1. The van der Waals surface area contributed by atoms with Gasteiger partial charge in [0.15, 0.2) is 0 Å². The van der Waals surface area contributed by atoms with Gasteiger partial charge in [0.2, 0.25) is 0 Å². The molecule has 0 spiro atoms. The molecule has 0 atom stereocenters. The average Bonchev–Trinajstić information content (AvgIpc) is 2.77. The van der Waals surface area contributed by atoms with Crippen LogP contribution in [0.4, 0.5) is 0 Å². The molecule has 1 heterocycles. The normalized spacial score (nSPS) is 9.60. The van der Waals surface area contributed by atoms with E-state index < -0.39 is 0 Å². The number of rotatable bonds is 2. The van der Waals surface area contributed by atoms with Crippen molar-refractivity contribution in [1.29, 1.82) is 5.26 Å². The number of H-pyrrole nitrogens is 1. The molecule has 4 nitrogen and oxygen atoms in total. The molecule has 1 aromatic carbocycles. The van der Waals surface area contributed by atoms with Crippen LogP contribution in [0.1, 0.15) is 5.56 Å². The van der Waals surface area contributed by atoms with Crippen molar-refractivity contribution >= 4 is 0 Å². The number of hydrogen-bond donors (Lipinski definition) is 1. The molecule has 0 saturated carbocycles. The molecule has 2 rings (SSSR count). The molecular formula is C11H9N3O. The van der Waals surface area contributed by atoms with Gasteiger partial charge < -0.3 is 4.74 Å². The standard InChI is InChI=1S/C11H9N3O/c1-15-10-4-2-8(3-5-10)11-9(6-12)7-13-14-11/h2-5,7H,1H3,(H,13,14). The van der Waals surface area contributed by atoms with E-state index in [0.29, 0.717) is 5.56 Å². The van der Waals surface area contributed by atoms with Crippen molar-refractivity contribution in [1.82, 2.24) is 10.2 Å². The number of aromatic nitrogens is 2. The summed E-state index contributed by atoms with van der Waals surface area (Å²) >= 11 is 0. The first-order valence-electron chi connectivity index (χ1n) is 4.43. The van der Waals surface area contributed by atoms with Gasteiger partial charge in [-0.1, -0.05) is 0 Å². The minimum atomic E-state index is 0.542. The molecule has 4 heteroatoms. The van der Waals surface area contributed by atoms with Crippen molar-refractivity contribution < 1.29 is 4.74 Å². The van der Waals surface area contributed by atoms with Gasteiger partial charge in [0, 0.05) is 5.56 Å². The van der Waals surface area contributed by atoms with Crippen LogP contribution in [0.25, 0.3) is 11.3 Å². The highest BCUT2D eigenvalue weighted by Crippen LogP contribution is 2.22. The van der Waals surface area contributed by atoms with E-state index in [1.165, 1.54) is 6.20 Å². The number of ether oxygens (including phenoxy) is 1. The molecule has 0 saturated heterocycles. The number of nitrogens with zero attached hydrogens (tertiary/aromatic N) is 2. The topological polar surface area (TPSA) is 61.7 Å². The quantitative estimate of drug-likeness (QED) is 0.804. The molecule has 1 N–H and O–H groups in total. The van der Waals surface area contributed by atoms with Crippen LogP contribution < -0.4 is 4.74 Å². The van der Waals surface area contributed by atoms with Crippen LogP contribution in [-0.4, -0.2) is 17.3 Å². The molecule has 0 aliphatic rings. The number of nitrogens with one attached hydrogen (secondary N) is 1. The fourth-order valence-electron chi connectivity index (χ4n) is 1.35. The third-order valence-corrected chi connectivity index (χ3v) is 2.14. The Labute approximate surface area is 87.1 Å². The van der Waals surface area contributed by atoms with Gasteiger partial charge in [-0.25, -0.2) is 0 Å². The van der Waals surface area contributed by atoms with Crippen LogP contribution in [0.2, 0.25) is 0 Å². The Kier molecular flexibility index (Phi) is 2.38. The lowest BCUT2D eigenvalue weighted by Gasteiger charge is -2.01. The summed E-state index contributed by atoms with van der Waals surface area (Å²) in [6, 6.07) is 9.53. The number of methoxy groups -OCH3 is 1.